The Hall–Kier alpha value is -1.87. The van der Waals surface area contributed by atoms with Crippen LogP contribution in [0.3, 0.4) is 0 Å². The van der Waals surface area contributed by atoms with Gasteiger partial charge in [0.05, 0.1) is 6.04 Å². The van der Waals surface area contributed by atoms with Gasteiger partial charge < -0.3 is 10.1 Å². The van der Waals surface area contributed by atoms with Gasteiger partial charge in [-0.1, -0.05) is 31.2 Å². The molecule has 0 saturated heterocycles. The number of nitrogens with one attached hydrogen (secondary N) is 1. The summed E-state index contributed by atoms with van der Waals surface area (Å²) in [4.78, 5) is 0. The maximum absolute atomic E-state index is 13.9. The molecule has 2 aromatic carbocycles. The predicted octanol–water partition coefficient (Wildman–Crippen LogP) is 4.17. The van der Waals surface area contributed by atoms with E-state index in [1.807, 2.05) is 39.0 Å². The smallest absolute Gasteiger partial charge is 0.128 e. The van der Waals surface area contributed by atoms with E-state index < -0.39 is 0 Å². The van der Waals surface area contributed by atoms with E-state index in [2.05, 4.69) is 11.4 Å². The molecule has 0 spiro atoms. The van der Waals surface area contributed by atoms with Gasteiger partial charge >= 0.3 is 0 Å². The van der Waals surface area contributed by atoms with Crippen LogP contribution in [0.1, 0.15) is 29.7 Å². The van der Waals surface area contributed by atoms with Crippen LogP contribution >= 0.6 is 0 Å². The first-order valence-electron chi connectivity index (χ1n) is 7.29. The van der Waals surface area contributed by atoms with Crippen molar-refractivity contribution in [3.8, 4) is 5.75 Å². The van der Waals surface area contributed by atoms with Crippen molar-refractivity contribution in [2.45, 2.75) is 26.8 Å². The van der Waals surface area contributed by atoms with Crippen LogP contribution < -0.4 is 10.1 Å². The van der Waals surface area contributed by atoms with Gasteiger partial charge in [0.1, 0.15) is 18.2 Å². The molecule has 0 heterocycles. The number of rotatable bonds is 6. The molecule has 0 fully saturated rings. The van der Waals surface area contributed by atoms with Crippen molar-refractivity contribution in [3.63, 3.8) is 0 Å². The summed E-state index contributed by atoms with van der Waals surface area (Å²) in [6.07, 6.45) is 0. The first kappa shape index (κ1) is 15.5. The summed E-state index contributed by atoms with van der Waals surface area (Å²) in [6.45, 7) is 7.24. The largest absolute Gasteiger partial charge is 0.492 e. The van der Waals surface area contributed by atoms with E-state index in [-0.39, 0.29) is 11.9 Å². The Morgan fingerprint density at radius 3 is 2.38 bits per heavy atom. The number of halogens is 1. The van der Waals surface area contributed by atoms with Gasteiger partial charge in [-0.3, -0.25) is 0 Å². The van der Waals surface area contributed by atoms with Crippen molar-refractivity contribution < 1.29 is 9.13 Å². The van der Waals surface area contributed by atoms with Crippen LogP contribution in [0.2, 0.25) is 0 Å². The third kappa shape index (κ3) is 4.30. The lowest BCUT2D eigenvalue weighted by molar-refractivity contribution is 0.264. The van der Waals surface area contributed by atoms with Crippen LogP contribution in [0.25, 0.3) is 0 Å². The van der Waals surface area contributed by atoms with Gasteiger partial charge in [-0.05, 0) is 49.7 Å². The Labute approximate surface area is 126 Å². The topological polar surface area (TPSA) is 21.3 Å². The van der Waals surface area contributed by atoms with Crippen LogP contribution in [0.15, 0.2) is 42.5 Å². The fraction of sp³-hybridized carbons (Fsp3) is 0.333. The van der Waals surface area contributed by atoms with Crippen LogP contribution in [-0.2, 0) is 0 Å². The summed E-state index contributed by atoms with van der Waals surface area (Å²) in [7, 11) is 0. The van der Waals surface area contributed by atoms with E-state index in [1.54, 1.807) is 12.1 Å². The molecule has 112 valence electrons. The van der Waals surface area contributed by atoms with Gasteiger partial charge in [-0.2, -0.15) is 0 Å². The summed E-state index contributed by atoms with van der Waals surface area (Å²) in [5, 5.41) is 3.27. The van der Waals surface area contributed by atoms with E-state index in [0.29, 0.717) is 12.2 Å². The molecule has 1 unspecified atom stereocenters. The normalized spacial score (nSPS) is 12.2. The van der Waals surface area contributed by atoms with Crippen LogP contribution in [-0.4, -0.2) is 13.2 Å². The molecule has 2 aromatic rings. The van der Waals surface area contributed by atoms with E-state index in [1.165, 1.54) is 6.07 Å². The van der Waals surface area contributed by atoms with Crippen LogP contribution in [0, 0.1) is 19.7 Å². The molecular weight excluding hydrogens is 265 g/mol. The minimum absolute atomic E-state index is 0.156. The van der Waals surface area contributed by atoms with Crippen molar-refractivity contribution in [2.24, 2.45) is 0 Å². The molecular formula is C18H22FNO. The molecule has 2 rings (SSSR count). The number of benzene rings is 2. The fourth-order valence-electron chi connectivity index (χ4n) is 2.46. The molecule has 0 aliphatic rings. The highest BCUT2D eigenvalue weighted by atomic mass is 19.1. The molecule has 0 saturated carbocycles. The maximum Gasteiger partial charge on any atom is 0.128 e. The van der Waals surface area contributed by atoms with E-state index >= 15 is 0 Å². The number of ether oxygens (including phenoxy) is 1. The third-order valence-corrected chi connectivity index (χ3v) is 3.34. The number of hydrogen-bond acceptors (Lipinski definition) is 2. The van der Waals surface area contributed by atoms with Crippen LogP contribution in [0.5, 0.6) is 5.75 Å². The zero-order valence-corrected chi connectivity index (χ0v) is 12.8. The summed E-state index contributed by atoms with van der Waals surface area (Å²) >= 11 is 0. The first-order valence-corrected chi connectivity index (χ1v) is 7.29. The Morgan fingerprint density at radius 1 is 1.10 bits per heavy atom. The molecule has 0 amide bonds. The molecule has 1 atom stereocenters. The molecule has 3 heteroatoms. The number of aryl methyl sites for hydroxylation is 2. The average molecular weight is 287 g/mol. The lowest BCUT2D eigenvalue weighted by Crippen LogP contribution is -2.27. The van der Waals surface area contributed by atoms with Crippen molar-refractivity contribution in [1.29, 1.82) is 0 Å². The second-order valence-electron chi connectivity index (χ2n) is 5.27. The van der Waals surface area contributed by atoms with Gasteiger partial charge in [0.2, 0.25) is 0 Å². The number of likely N-dealkylation sites (N-methyl/N-ethyl adjacent to an activating group) is 1. The second kappa shape index (κ2) is 7.23. The molecule has 0 aliphatic carbocycles. The lowest BCUT2D eigenvalue weighted by Gasteiger charge is -2.20. The quantitative estimate of drug-likeness (QED) is 0.861. The highest BCUT2D eigenvalue weighted by molar-refractivity contribution is 5.33. The lowest BCUT2D eigenvalue weighted by atomic mass is 10.1. The Morgan fingerprint density at radius 2 is 1.76 bits per heavy atom. The summed E-state index contributed by atoms with van der Waals surface area (Å²) in [5.74, 6) is 0.624. The molecule has 2 nitrogen and oxygen atoms in total. The molecule has 21 heavy (non-hydrogen) atoms. The van der Waals surface area contributed by atoms with E-state index in [9.17, 15) is 4.39 Å². The summed E-state index contributed by atoms with van der Waals surface area (Å²) in [6, 6.07) is 12.8. The van der Waals surface area contributed by atoms with E-state index in [0.717, 1.165) is 23.4 Å². The predicted molar refractivity (Wildman–Crippen MR) is 84.2 cm³/mol. The van der Waals surface area contributed by atoms with Crippen LogP contribution in [0.4, 0.5) is 4.39 Å². The zero-order chi connectivity index (χ0) is 15.2. The van der Waals surface area contributed by atoms with Crippen molar-refractivity contribution in [2.75, 3.05) is 13.2 Å². The van der Waals surface area contributed by atoms with Gasteiger partial charge in [0, 0.05) is 5.56 Å². The second-order valence-corrected chi connectivity index (χ2v) is 5.27. The summed E-state index contributed by atoms with van der Waals surface area (Å²) in [5.41, 5.74) is 2.97. The average Bonchev–Trinajstić information content (AvgIpc) is 2.43. The standard InChI is InChI=1S/C18H22FNO/c1-4-20-18(16-7-5-6-8-17(16)19)12-21-15-10-13(2)9-14(3)11-15/h5-11,18,20H,4,12H2,1-3H3. The minimum atomic E-state index is -0.201. The first-order chi connectivity index (χ1) is 10.1. The number of hydrogen-bond donors (Lipinski definition) is 1. The van der Waals surface area contributed by atoms with Gasteiger partial charge in [0.25, 0.3) is 0 Å². The Kier molecular flexibility index (Phi) is 5.34. The molecule has 0 bridgehead atoms. The van der Waals surface area contributed by atoms with Crippen molar-refractivity contribution in [3.05, 3.63) is 65.0 Å². The highest BCUT2D eigenvalue weighted by Crippen LogP contribution is 2.21. The zero-order valence-electron chi connectivity index (χ0n) is 12.8. The Bertz CT molecular complexity index is 577. The maximum atomic E-state index is 13.9. The monoisotopic (exact) mass is 287 g/mol. The van der Waals surface area contributed by atoms with Gasteiger partial charge in [-0.25, -0.2) is 4.39 Å². The van der Waals surface area contributed by atoms with Gasteiger partial charge in [-0.15, -0.1) is 0 Å². The summed E-state index contributed by atoms with van der Waals surface area (Å²) < 4.78 is 19.8. The van der Waals surface area contributed by atoms with Crippen molar-refractivity contribution >= 4 is 0 Å². The van der Waals surface area contributed by atoms with E-state index in [4.69, 9.17) is 4.74 Å². The molecule has 0 radical (unpaired) electrons. The fourth-order valence-corrected chi connectivity index (χ4v) is 2.46. The van der Waals surface area contributed by atoms with Gasteiger partial charge in [0.15, 0.2) is 0 Å². The minimum Gasteiger partial charge on any atom is -0.492 e. The molecule has 0 aromatic heterocycles. The molecule has 0 aliphatic heterocycles. The van der Waals surface area contributed by atoms with Crippen molar-refractivity contribution in [1.82, 2.24) is 5.32 Å². The molecule has 1 N–H and O–H groups in total. The Balaban J connectivity index is 2.12. The third-order valence-electron chi connectivity index (χ3n) is 3.34. The highest BCUT2D eigenvalue weighted by Gasteiger charge is 2.15. The SMILES string of the molecule is CCNC(COc1cc(C)cc(C)c1)c1ccccc1F.